The molecule has 1 heterocycles. The topological polar surface area (TPSA) is 128 Å². The lowest BCUT2D eigenvalue weighted by Gasteiger charge is -2.07. The van der Waals surface area contributed by atoms with Crippen LogP contribution >= 0.6 is 11.3 Å². The first kappa shape index (κ1) is 23.3. The molecule has 2 N–H and O–H groups in total. The van der Waals surface area contributed by atoms with E-state index in [1.807, 2.05) is 0 Å². The molecular formula is C19H20N2O7S2. The molecule has 30 heavy (non-hydrogen) atoms. The molecule has 0 aliphatic carbocycles. The van der Waals surface area contributed by atoms with Crippen LogP contribution in [0.25, 0.3) is 6.08 Å². The number of hydrogen-bond acceptors (Lipinski definition) is 8. The Labute approximate surface area is 177 Å². The number of esters is 2. The van der Waals surface area contributed by atoms with Gasteiger partial charge in [0.25, 0.3) is 5.91 Å². The second kappa shape index (κ2) is 11.2. The molecule has 1 amide bonds. The van der Waals surface area contributed by atoms with Crippen molar-refractivity contribution in [3.8, 4) is 0 Å². The summed E-state index contributed by atoms with van der Waals surface area (Å²) in [5.41, 5.74) is 0.873. The van der Waals surface area contributed by atoms with E-state index >= 15 is 0 Å². The maximum absolute atomic E-state index is 11.9. The predicted octanol–water partition coefficient (Wildman–Crippen LogP) is 2.00. The summed E-state index contributed by atoms with van der Waals surface area (Å²) in [4.78, 5) is 35.4. The van der Waals surface area contributed by atoms with Gasteiger partial charge in [0.2, 0.25) is 10.0 Å². The molecular weight excluding hydrogens is 432 g/mol. The van der Waals surface area contributed by atoms with E-state index in [0.717, 1.165) is 16.7 Å². The second-order valence-corrected chi connectivity index (χ2v) is 8.24. The van der Waals surface area contributed by atoms with Crippen molar-refractivity contribution in [3.63, 3.8) is 0 Å². The lowest BCUT2D eigenvalue weighted by molar-refractivity contribution is -0.146. The van der Waals surface area contributed by atoms with E-state index in [-0.39, 0.29) is 17.2 Å². The fourth-order valence-corrected chi connectivity index (χ4v) is 3.62. The molecule has 0 unspecified atom stereocenters. The minimum atomic E-state index is -3.86. The molecule has 0 saturated carbocycles. The zero-order valence-corrected chi connectivity index (χ0v) is 17.6. The van der Waals surface area contributed by atoms with Crippen LogP contribution in [0.15, 0.2) is 47.2 Å². The number of thiophene rings is 1. The Bertz CT molecular complexity index is 1010. The van der Waals surface area contributed by atoms with Crippen LogP contribution in [0.1, 0.15) is 22.8 Å². The zero-order valence-electron chi connectivity index (χ0n) is 16.0. The van der Waals surface area contributed by atoms with Crippen LogP contribution in [-0.2, 0) is 29.1 Å². The van der Waals surface area contributed by atoms with Crippen LogP contribution in [0.2, 0.25) is 0 Å². The largest absolute Gasteiger partial charge is 0.462 e. The van der Waals surface area contributed by atoms with Gasteiger partial charge in [-0.25, -0.2) is 17.9 Å². The molecule has 2 aromatic rings. The molecule has 1 aromatic carbocycles. The normalized spacial score (nSPS) is 11.2. The van der Waals surface area contributed by atoms with Gasteiger partial charge < -0.3 is 14.8 Å². The highest BCUT2D eigenvalue weighted by Crippen LogP contribution is 2.23. The third-order valence-corrected chi connectivity index (χ3v) is 5.31. The number of benzene rings is 1. The van der Waals surface area contributed by atoms with E-state index in [0.29, 0.717) is 5.56 Å². The highest BCUT2D eigenvalue weighted by atomic mass is 32.2. The fraction of sp³-hybridized carbons (Fsp3) is 0.211. The first-order valence-corrected chi connectivity index (χ1v) is 11.2. The van der Waals surface area contributed by atoms with Gasteiger partial charge in [-0.15, -0.1) is 11.3 Å². The van der Waals surface area contributed by atoms with Gasteiger partial charge in [-0.1, -0.05) is 30.3 Å². The number of hydrogen-bond donors (Lipinski definition) is 2. The first-order chi connectivity index (χ1) is 14.3. The Morgan fingerprint density at radius 2 is 1.83 bits per heavy atom. The second-order valence-electron chi connectivity index (χ2n) is 5.67. The number of rotatable bonds is 10. The molecule has 0 saturated heterocycles. The Morgan fingerprint density at radius 1 is 1.10 bits per heavy atom. The zero-order chi connectivity index (χ0) is 22.0. The molecule has 0 atom stereocenters. The van der Waals surface area contributed by atoms with Crippen LogP contribution in [0, 0.1) is 0 Å². The van der Waals surface area contributed by atoms with Gasteiger partial charge in [0.15, 0.2) is 6.61 Å². The van der Waals surface area contributed by atoms with E-state index in [2.05, 4.69) is 10.0 Å². The number of sulfonamides is 1. The fourth-order valence-electron chi connectivity index (χ4n) is 2.08. The minimum absolute atomic E-state index is 0.191. The Balaban J connectivity index is 1.78. The summed E-state index contributed by atoms with van der Waals surface area (Å²) in [7, 11) is -3.86. The highest BCUT2D eigenvalue weighted by Gasteiger charge is 2.17. The van der Waals surface area contributed by atoms with Crippen molar-refractivity contribution in [1.82, 2.24) is 4.72 Å². The van der Waals surface area contributed by atoms with E-state index in [4.69, 9.17) is 9.47 Å². The summed E-state index contributed by atoms with van der Waals surface area (Å²) in [5.74, 6) is -2.19. The minimum Gasteiger partial charge on any atom is -0.462 e. The van der Waals surface area contributed by atoms with Crippen LogP contribution in [0.3, 0.4) is 0 Å². The van der Waals surface area contributed by atoms with Gasteiger partial charge in [0.1, 0.15) is 11.5 Å². The van der Waals surface area contributed by atoms with Crippen LogP contribution < -0.4 is 10.0 Å². The molecule has 2 rings (SSSR count). The van der Waals surface area contributed by atoms with Crippen molar-refractivity contribution < 1.29 is 32.3 Å². The molecule has 0 aliphatic heterocycles. The quantitative estimate of drug-likeness (QED) is 0.528. The molecule has 11 heteroatoms. The molecule has 160 valence electrons. The average molecular weight is 453 g/mol. The van der Waals surface area contributed by atoms with Crippen molar-refractivity contribution in [2.24, 2.45) is 0 Å². The summed E-state index contributed by atoms with van der Waals surface area (Å²) in [5, 5.41) is 5.24. The number of anilines is 1. The first-order valence-electron chi connectivity index (χ1n) is 8.73. The van der Waals surface area contributed by atoms with Gasteiger partial charge in [-0.05, 0) is 30.0 Å². The van der Waals surface area contributed by atoms with E-state index in [9.17, 15) is 22.8 Å². The lowest BCUT2D eigenvalue weighted by atomic mass is 10.2. The smallest absolute Gasteiger partial charge is 0.341 e. The number of carbonyl (C=O) groups excluding carboxylic acids is 3. The van der Waals surface area contributed by atoms with Crippen LogP contribution in [0.4, 0.5) is 5.00 Å². The van der Waals surface area contributed by atoms with Crippen molar-refractivity contribution in [2.45, 2.75) is 6.92 Å². The van der Waals surface area contributed by atoms with E-state index in [1.54, 1.807) is 42.6 Å². The average Bonchev–Trinajstić information content (AvgIpc) is 3.18. The van der Waals surface area contributed by atoms with Crippen molar-refractivity contribution in [2.75, 3.05) is 25.1 Å². The molecule has 1 aromatic heterocycles. The summed E-state index contributed by atoms with van der Waals surface area (Å²) in [6.45, 7) is 0.576. The summed E-state index contributed by atoms with van der Waals surface area (Å²) < 4.78 is 35.5. The monoisotopic (exact) mass is 452 g/mol. The maximum Gasteiger partial charge on any atom is 0.341 e. The summed E-state index contributed by atoms with van der Waals surface area (Å²) in [6.07, 6.45) is 1.38. The lowest BCUT2D eigenvalue weighted by Crippen LogP contribution is -2.31. The predicted molar refractivity (Wildman–Crippen MR) is 112 cm³/mol. The van der Waals surface area contributed by atoms with Crippen molar-refractivity contribution >= 4 is 50.3 Å². The van der Waals surface area contributed by atoms with Gasteiger partial charge in [-0.2, -0.15) is 0 Å². The number of ether oxygens (including phenoxy) is 2. The van der Waals surface area contributed by atoms with Gasteiger partial charge in [-0.3, -0.25) is 9.59 Å². The Morgan fingerprint density at radius 3 is 2.53 bits per heavy atom. The van der Waals surface area contributed by atoms with E-state index < -0.39 is 41.0 Å². The van der Waals surface area contributed by atoms with Crippen LogP contribution in [0.5, 0.6) is 0 Å². The molecule has 0 aliphatic rings. The third kappa shape index (κ3) is 7.78. The van der Waals surface area contributed by atoms with Gasteiger partial charge in [0.05, 0.1) is 12.2 Å². The molecule has 0 bridgehead atoms. The Kier molecular flexibility index (Phi) is 8.71. The maximum atomic E-state index is 11.9. The standard InChI is InChI=1S/C19H20N2O7S2/c1-2-27-19(24)15-8-10-29-18(15)21-16(22)13-28-17(23)12-20-30(25,26)11-9-14-6-4-3-5-7-14/h3-11,20H,2,12-13H2,1H3,(H,21,22). The van der Waals surface area contributed by atoms with E-state index in [1.165, 1.54) is 12.1 Å². The van der Waals surface area contributed by atoms with Crippen molar-refractivity contribution in [1.29, 1.82) is 0 Å². The third-order valence-electron chi connectivity index (χ3n) is 3.43. The number of nitrogens with one attached hydrogen (secondary N) is 2. The Hall–Kier alpha value is -3.02. The van der Waals surface area contributed by atoms with Crippen LogP contribution in [-0.4, -0.2) is 46.0 Å². The molecule has 0 radical (unpaired) electrons. The van der Waals surface area contributed by atoms with Gasteiger partial charge >= 0.3 is 11.9 Å². The number of carbonyl (C=O) groups is 3. The van der Waals surface area contributed by atoms with Crippen molar-refractivity contribution in [3.05, 3.63) is 58.3 Å². The molecule has 0 fully saturated rings. The molecule has 0 spiro atoms. The highest BCUT2D eigenvalue weighted by molar-refractivity contribution is 7.92. The number of amides is 1. The summed E-state index contributed by atoms with van der Waals surface area (Å²) >= 11 is 1.11. The molecule has 9 nitrogen and oxygen atoms in total. The summed E-state index contributed by atoms with van der Waals surface area (Å²) in [6, 6.07) is 10.3. The van der Waals surface area contributed by atoms with Gasteiger partial charge in [0, 0.05) is 5.41 Å². The SMILES string of the molecule is CCOC(=O)c1ccsc1NC(=O)COC(=O)CNS(=O)(=O)C=Cc1ccccc1.